The van der Waals surface area contributed by atoms with Gasteiger partial charge in [-0.3, -0.25) is 4.79 Å². The van der Waals surface area contributed by atoms with Crippen LogP contribution in [0.3, 0.4) is 0 Å². The van der Waals surface area contributed by atoms with E-state index >= 15 is 0 Å². The van der Waals surface area contributed by atoms with E-state index < -0.39 is 0 Å². The number of carbonyl (C=O) groups is 1. The first kappa shape index (κ1) is 18.4. The SMILES string of the molecule is Cc1nn(C(C)(C)C)c2nc(C3CC3)cc(C(=O)N[C@H](C)[C@@H]3CCCO3)c12. The molecule has 1 saturated carbocycles. The third-order valence-electron chi connectivity index (χ3n) is 5.59. The van der Waals surface area contributed by atoms with Crippen molar-refractivity contribution in [2.45, 2.75) is 83.9 Å². The predicted octanol–water partition coefficient (Wildman–Crippen LogP) is 3.67. The van der Waals surface area contributed by atoms with E-state index in [1.165, 1.54) is 0 Å². The first-order valence-corrected chi connectivity index (χ1v) is 10.1. The minimum absolute atomic E-state index is 0.00874. The zero-order valence-electron chi connectivity index (χ0n) is 17.0. The Morgan fingerprint density at radius 1 is 1.33 bits per heavy atom. The molecular formula is C21H30N4O2. The first-order chi connectivity index (χ1) is 12.8. The lowest BCUT2D eigenvalue weighted by molar-refractivity contribution is 0.0713. The molecule has 4 rings (SSSR count). The summed E-state index contributed by atoms with van der Waals surface area (Å²) in [5.41, 5.74) is 3.19. The van der Waals surface area contributed by atoms with E-state index in [0.717, 1.165) is 54.7 Å². The molecule has 2 fully saturated rings. The maximum absolute atomic E-state index is 13.2. The topological polar surface area (TPSA) is 69.0 Å². The number of ether oxygens (including phenoxy) is 1. The van der Waals surface area contributed by atoms with Gasteiger partial charge in [-0.05, 0) is 66.4 Å². The van der Waals surface area contributed by atoms with Gasteiger partial charge in [0.1, 0.15) is 0 Å². The van der Waals surface area contributed by atoms with E-state index in [9.17, 15) is 4.79 Å². The summed E-state index contributed by atoms with van der Waals surface area (Å²) in [4.78, 5) is 18.1. The normalized spacial score (nSPS) is 21.6. The number of fused-ring (bicyclic) bond motifs is 1. The van der Waals surface area contributed by atoms with E-state index in [4.69, 9.17) is 14.8 Å². The van der Waals surface area contributed by atoms with Gasteiger partial charge >= 0.3 is 0 Å². The highest BCUT2D eigenvalue weighted by Crippen LogP contribution is 2.41. The average molecular weight is 370 g/mol. The molecule has 6 nitrogen and oxygen atoms in total. The van der Waals surface area contributed by atoms with Crippen molar-refractivity contribution in [3.8, 4) is 0 Å². The number of nitrogens with zero attached hydrogens (tertiary/aromatic N) is 3. The molecule has 0 bridgehead atoms. The number of hydrogen-bond donors (Lipinski definition) is 1. The number of nitrogens with one attached hydrogen (secondary N) is 1. The monoisotopic (exact) mass is 370 g/mol. The quantitative estimate of drug-likeness (QED) is 0.891. The number of hydrogen-bond acceptors (Lipinski definition) is 4. The average Bonchev–Trinajstić information content (AvgIpc) is 3.18. The van der Waals surface area contributed by atoms with Crippen LogP contribution in [0.2, 0.25) is 0 Å². The molecule has 2 aromatic heterocycles. The van der Waals surface area contributed by atoms with Crippen molar-refractivity contribution in [3.63, 3.8) is 0 Å². The molecule has 2 atom stereocenters. The second-order valence-corrected chi connectivity index (χ2v) is 9.05. The van der Waals surface area contributed by atoms with Gasteiger partial charge in [0.2, 0.25) is 0 Å². The van der Waals surface area contributed by atoms with Crippen LogP contribution in [0, 0.1) is 6.92 Å². The van der Waals surface area contributed by atoms with Gasteiger partial charge in [-0.2, -0.15) is 5.10 Å². The summed E-state index contributed by atoms with van der Waals surface area (Å²) >= 11 is 0. The lowest BCUT2D eigenvalue weighted by atomic mass is 10.0. The number of pyridine rings is 1. The van der Waals surface area contributed by atoms with Gasteiger partial charge in [0.25, 0.3) is 5.91 Å². The van der Waals surface area contributed by atoms with Crippen LogP contribution in [0.5, 0.6) is 0 Å². The third-order valence-corrected chi connectivity index (χ3v) is 5.59. The fraction of sp³-hybridized carbons (Fsp3) is 0.667. The second-order valence-electron chi connectivity index (χ2n) is 9.05. The van der Waals surface area contributed by atoms with Gasteiger partial charge in [-0.15, -0.1) is 0 Å². The maximum atomic E-state index is 13.2. The van der Waals surface area contributed by atoms with Crippen LogP contribution in [0.15, 0.2) is 6.07 Å². The highest BCUT2D eigenvalue weighted by Gasteiger charge is 2.31. The smallest absolute Gasteiger partial charge is 0.252 e. The van der Waals surface area contributed by atoms with Crippen LogP contribution >= 0.6 is 0 Å². The van der Waals surface area contributed by atoms with Crippen LogP contribution in [0.25, 0.3) is 11.0 Å². The number of rotatable bonds is 4. The molecule has 1 N–H and O–H groups in total. The molecular weight excluding hydrogens is 340 g/mol. The standard InChI is InChI=1S/C21H30N4O2/c1-12(17-7-6-10-27-17)22-20(26)15-11-16(14-8-9-14)23-19-18(15)13(2)24-25(19)21(3,4)5/h11-12,14,17H,6-10H2,1-5H3,(H,22,26)/t12-,17+/m1/s1. The Hall–Kier alpha value is -1.95. The van der Waals surface area contributed by atoms with Gasteiger partial charge in [0.15, 0.2) is 5.65 Å². The molecule has 0 spiro atoms. The zero-order valence-corrected chi connectivity index (χ0v) is 17.0. The minimum Gasteiger partial charge on any atom is -0.376 e. The first-order valence-electron chi connectivity index (χ1n) is 10.1. The molecule has 3 heterocycles. The Bertz CT molecular complexity index is 870. The summed E-state index contributed by atoms with van der Waals surface area (Å²) in [5.74, 6) is 0.420. The minimum atomic E-state index is -0.194. The zero-order chi connectivity index (χ0) is 19.3. The molecule has 1 saturated heterocycles. The van der Waals surface area contributed by atoms with Crippen LogP contribution in [-0.4, -0.2) is 39.4 Å². The fourth-order valence-corrected chi connectivity index (χ4v) is 3.92. The Balaban J connectivity index is 1.76. The maximum Gasteiger partial charge on any atom is 0.252 e. The fourth-order valence-electron chi connectivity index (χ4n) is 3.92. The van der Waals surface area contributed by atoms with Crippen molar-refractivity contribution < 1.29 is 9.53 Å². The number of aryl methyl sites for hydroxylation is 1. The van der Waals surface area contributed by atoms with E-state index in [0.29, 0.717) is 11.5 Å². The molecule has 2 aromatic rings. The van der Waals surface area contributed by atoms with Crippen LogP contribution in [-0.2, 0) is 10.3 Å². The summed E-state index contributed by atoms with van der Waals surface area (Å²) in [6, 6.07) is 1.98. The van der Waals surface area contributed by atoms with Crippen molar-refractivity contribution in [1.29, 1.82) is 0 Å². The van der Waals surface area contributed by atoms with Crippen molar-refractivity contribution >= 4 is 16.9 Å². The largest absolute Gasteiger partial charge is 0.376 e. The molecule has 1 aliphatic carbocycles. The number of amides is 1. The Morgan fingerprint density at radius 2 is 2.07 bits per heavy atom. The van der Waals surface area contributed by atoms with Gasteiger partial charge in [0, 0.05) is 18.2 Å². The van der Waals surface area contributed by atoms with Gasteiger partial charge in [-0.1, -0.05) is 0 Å². The Morgan fingerprint density at radius 3 is 2.67 bits per heavy atom. The summed E-state index contributed by atoms with van der Waals surface area (Å²) < 4.78 is 7.70. The van der Waals surface area contributed by atoms with Gasteiger partial charge < -0.3 is 10.1 Å². The molecule has 146 valence electrons. The summed E-state index contributed by atoms with van der Waals surface area (Å²) in [6.45, 7) is 11.1. The summed E-state index contributed by atoms with van der Waals surface area (Å²) in [6.07, 6.45) is 4.46. The molecule has 1 aliphatic heterocycles. The molecule has 6 heteroatoms. The highest BCUT2D eigenvalue weighted by molar-refractivity contribution is 6.06. The van der Waals surface area contributed by atoms with Gasteiger partial charge in [-0.25, -0.2) is 9.67 Å². The molecule has 27 heavy (non-hydrogen) atoms. The molecule has 0 radical (unpaired) electrons. The summed E-state index contributed by atoms with van der Waals surface area (Å²) in [7, 11) is 0. The van der Waals surface area contributed by atoms with Crippen molar-refractivity contribution in [2.75, 3.05) is 6.61 Å². The van der Waals surface area contributed by atoms with E-state index in [1.807, 2.05) is 24.6 Å². The molecule has 2 aliphatic rings. The molecule has 1 amide bonds. The molecule has 0 aromatic carbocycles. The lowest BCUT2D eigenvalue weighted by Gasteiger charge is -2.21. The summed E-state index contributed by atoms with van der Waals surface area (Å²) in [5, 5.41) is 8.76. The molecule has 0 unspecified atom stereocenters. The van der Waals surface area contributed by atoms with Crippen LogP contribution in [0.1, 0.15) is 81.0 Å². The number of carbonyl (C=O) groups excluding carboxylic acids is 1. The van der Waals surface area contributed by atoms with Crippen LogP contribution in [0.4, 0.5) is 0 Å². The van der Waals surface area contributed by atoms with E-state index in [2.05, 4.69) is 26.1 Å². The van der Waals surface area contributed by atoms with E-state index in [-0.39, 0.29) is 23.6 Å². The predicted molar refractivity (Wildman–Crippen MR) is 105 cm³/mol. The Kier molecular flexibility index (Phi) is 4.49. The van der Waals surface area contributed by atoms with E-state index in [1.54, 1.807) is 0 Å². The Labute approximate surface area is 160 Å². The van der Waals surface area contributed by atoms with Crippen LogP contribution < -0.4 is 5.32 Å². The van der Waals surface area contributed by atoms with Gasteiger partial charge in [0.05, 0.1) is 34.3 Å². The number of aromatic nitrogens is 3. The highest BCUT2D eigenvalue weighted by atomic mass is 16.5. The third kappa shape index (κ3) is 3.47. The van der Waals surface area contributed by atoms with Crippen molar-refractivity contribution in [2.24, 2.45) is 0 Å². The lowest BCUT2D eigenvalue weighted by Crippen LogP contribution is -2.41. The second kappa shape index (κ2) is 6.59. The van der Waals surface area contributed by atoms with Crippen molar-refractivity contribution in [3.05, 3.63) is 23.0 Å². The van der Waals surface area contributed by atoms with Crippen molar-refractivity contribution in [1.82, 2.24) is 20.1 Å².